The maximum atomic E-state index is 10.8. The predicted molar refractivity (Wildman–Crippen MR) is 69.1 cm³/mol. The summed E-state index contributed by atoms with van der Waals surface area (Å²) in [4.78, 5) is 23.2. The lowest BCUT2D eigenvalue weighted by Gasteiger charge is -2.30. The molecule has 0 aliphatic heterocycles. The molecule has 0 aromatic heterocycles. The first-order valence-corrected chi connectivity index (χ1v) is 6.83. The monoisotopic (exact) mass is 273 g/mol. The van der Waals surface area contributed by atoms with Crippen molar-refractivity contribution >= 4 is 11.9 Å². The van der Waals surface area contributed by atoms with Crippen LogP contribution in [0, 0.1) is 0 Å². The summed E-state index contributed by atoms with van der Waals surface area (Å²) in [5.74, 6) is -2.00. The van der Waals surface area contributed by atoms with Crippen LogP contribution in [0.3, 0.4) is 0 Å². The quantitative estimate of drug-likeness (QED) is 0.614. The van der Waals surface area contributed by atoms with Crippen LogP contribution >= 0.6 is 0 Å². The van der Waals surface area contributed by atoms with E-state index >= 15 is 0 Å². The van der Waals surface area contributed by atoms with Crippen molar-refractivity contribution in [3.8, 4) is 0 Å². The smallest absolute Gasteiger partial charge is 0.317 e. The first-order chi connectivity index (χ1) is 9.04. The molecule has 2 atom stereocenters. The summed E-state index contributed by atoms with van der Waals surface area (Å²) < 4.78 is 5.77. The van der Waals surface area contributed by atoms with Gasteiger partial charge in [0, 0.05) is 12.6 Å². The molecule has 1 unspecified atom stereocenters. The van der Waals surface area contributed by atoms with Crippen LogP contribution in [-0.4, -0.2) is 58.9 Å². The highest BCUT2D eigenvalue weighted by atomic mass is 16.5. The molecule has 110 valence electrons. The number of nitrogens with zero attached hydrogens (tertiary/aromatic N) is 1. The summed E-state index contributed by atoms with van der Waals surface area (Å²) in [6.45, 7) is 2.25. The second kappa shape index (κ2) is 8.12. The fraction of sp³-hybridized carbons (Fsp3) is 0.846. The van der Waals surface area contributed by atoms with Gasteiger partial charge in [-0.15, -0.1) is 0 Å². The molecule has 0 bridgehead atoms. The van der Waals surface area contributed by atoms with Crippen molar-refractivity contribution in [3.63, 3.8) is 0 Å². The molecule has 2 N–H and O–H groups in total. The van der Waals surface area contributed by atoms with Gasteiger partial charge in [-0.3, -0.25) is 14.5 Å². The lowest BCUT2D eigenvalue weighted by atomic mass is 10.1. The number of unbranched alkanes of at least 4 members (excludes halogenated alkanes) is 1. The van der Waals surface area contributed by atoms with Gasteiger partial charge < -0.3 is 14.9 Å². The third-order valence-electron chi connectivity index (χ3n) is 3.39. The largest absolute Gasteiger partial charge is 0.480 e. The Labute approximate surface area is 113 Å². The van der Waals surface area contributed by atoms with Gasteiger partial charge in [0.1, 0.15) is 0 Å². The van der Waals surface area contributed by atoms with E-state index in [1.807, 2.05) is 0 Å². The Morgan fingerprint density at radius 2 is 1.84 bits per heavy atom. The highest BCUT2D eigenvalue weighted by Crippen LogP contribution is 2.27. The fourth-order valence-electron chi connectivity index (χ4n) is 2.54. The highest BCUT2D eigenvalue weighted by Gasteiger charge is 2.34. The molecule has 0 aromatic rings. The van der Waals surface area contributed by atoms with Crippen LogP contribution < -0.4 is 0 Å². The number of rotatable bonds is 9. The van der Waals surface area contributed by atoms with E-state index in [9.17, 15) is 9.59 Å². The van der Waals surface area contributed by atoms with Gasteiger partial charge in [0.25, 0.3) is 0 Å². The molecule has 1 fully saturated rings. The molecule has 0 amide bonds. The van der Waals surface area contributed by atoms with Crippen LogP contribution in [0.4, 0.5) is 0 Å². The van der Waals surface area contributed by atoms with Gasteiger partial charge in [-0.1, -0.05) is 13.3 Å². The Kier molecular flexibility index (Phi) is 6.80. The number of hydrogen-bond acceptors (Lipinski definition) is 4. The van der Waals surface area contributed by atoms with Gasteiger partial charge in [-0.05, 0) is 25.7 Å². The zero-order chi connectivity index (χ0) is 14.3. The van der Waals surface area contributed by atoms with Crippen LogP contribution in [-0.2, 0) is 14.3 Å². The van der Waals surface area contributed by atoms with Crippen molar-refractivity contribution in [1.82, 2.24) is 4.90 Å². The summed E-state index contributed by atoms with van der Waals surface area (Å²) in [6, 6.07) is -0.0935. The van der Waals surface area contributed by atoms with Gasteiger partial charge in [-0.25, -0.2) is 0 Å². The number of ether oxygens (including phenoxy) is 1. The molecule has 1 saturated carbocycles. The standard InChI is InChI=1S/C13H23NO5/c1-2-3-7-19-11-6-4-5-10(11)14(8-12(15)16)9-13(17)18/h10-11H,2-9H2,1H3,(H,15,16)(H,17,18)/t10?,11-/m0/s1. The number of aliphatic carboxylic acids is 2. The van der Waals surface area contributed by atoms with Crippen LogP contribution in [0.5, 0.6) is 0 Å². The second-order valence-corrected chi connectivity index (χ2v) is 4.95. The molecular weight excluding hydrogens is 250 g/mol. The van der Waals surface area contributed by atoms with Gasteiger partial charge in [0.2, 0.25) is 0 Å². The molecule has 0 aromatic carbocycles. The van der Waals surface area contributed by atoms with Crippen molar-refractivity contribution in [3.05, 3.63) is 0 Å². The van der Waals surface area contributed by atoms with Crippen LogP contribution in [0.15, 0.2) is 0 Å². The molecule has 0 saturated heterocycles. The van der Waals surface area contributed by atoms with Crippen molar-refractivity contribution in [2.24, 2.45) is 0 Å². The van der Waals surface area contributed by atoms with Crippen molar-refractivity contribution in [2.75, 3.05) is 19.7 Å². The Hall–Kier alpha value is -1.14. The highest BCUT2D eigenvalue weighted by molar-refractivity contribution is 5.72. The van der Waals surface area contributed by atoms with Crippen LogP contribution in [0.25, 0.3) is 0 Å². The minimum atomic E-state index is -1.000. The molecule has 1 aliphatic carbocycles. The Morgan fingerprint density at radius 1 is 1.21 bits per heavy atom. The topological polar surface area (TPSA) is 87.1 Å². The van der Waals surface area contributed by atoms with E-state index in [0.29, 0.717) is 6.61 Å². The first-order valence-electron chi connectivity index (χ1n) is 6.83. The molecule has 6 nitrogen and oxygen atoms in total. The van der Waals surface area contributed by atoms with E-state index in [1.54, 1.807) is 0 Å². The third kappa shape index (κ3) is 5.57. The van der Waals surface area contributed by atoms with Crippen molar-refractivity contribution in [1.29, 1.82) is 0 Å². The Bertz CT molecular complexity index is 291. The van der Waals surface area contributed by atoms with E-state index in [-0.39, 0.29) is 25.2 Å². The zero-order valence-corrected chi connectivity index (χ0v) is 11.4. The van der Waals surface area contributed by atoms with Gasteiger partial charge in [-0.2, -0.15) is 0 Å². The third-order valence-corrected chi connectivity index (χ3v) is 3.39. The van der Waals surface area contributed by atoms with Gasteiger partial charge in [0.05, 0.1) is 19.2 Å². The van der Waals surface area contributed by atoms with E-state index in [1.165, 1.54) is 4.90 Å². The van der Waals surface area contributed by atoms with Gasteiger partial charge in [0.15, 0.2) is 0 Å². The summed E-state index contributed by atoms with van der Waals surface area (Å²) in [5.41, 5.74) is 0. The lowest BCUT2D eigenvalue weighted by Crippen LogP contribution is -2.46. The maximum absolute atomic E-state index is 10.8. The summed E-state index contributed by atoms with van der Waals surface area (Å²) in [7, 11) is 0. The molecular formula is C13H23NO5. The summed E-state index contributed by atoms with van der Waals surface area (Å²) in [6.07, 6.45) is 4.62. The number of carboxylic acids is 2. The van der Waals surface area contributed by atoms with E-state index < -0.39 is 11.9 Å². The molecule has 0 heterocycles. The van der Waals surface area contributed by atoms with Crippen LogP contribution in [0.1, 0.15) is 39.0 Å². The lowest BCUT2D eigenvalue weighted by molar-refractivity contribution is -0.144. The van der Waals surface area contributed by atoms with Crippen LogP contribution in [0.2, 0.25) is 0 Å². The average molecular weight is 273 g/mol. The second-order valence-electron chi connectivity index (χ2n) is 4.95. The Morgan fingerprint density at radius 3 is 2.37 bits per heavy atom. The molecule has 0 spiro atoms. The van der Waals surface area contributed by atoms with Crippen molar-refractivity contribution < 1.29 is 24.5 Å². The molecule has 19 heavy (non-hydrogen) atoms. The molecule has 1 rings (SSSR count). The zero-order valence-electron chi connectivity index (χ0n) is 11.4. The predicted octanol–water partition coefficient (Wildman–Crippen LogP) is 1.20. The maximum Gasteiger partial charge on any atom is 0.317 e. The molecule has 1 aliphatic rings. The molecule has 6 heteroatoms. The Balaban J connectivity index is 2.58. The normalized spacial score (nSPS) is 22.8. The number of carbonyl (C=O) groups is 2. The fourth-order valence-corrected chi connectivity index (χ4v) is 2.54. The summed E-state index contributed by atoms with van der Waals surface area (Å²) in [5, 5.41) is 17.8. The van der Waals surface area contributed by atoms with E-state index in [2.05, 4.69) is 6.92 Å². The number of carboxylic acid groups (broad SMARTS) is 2. The first kappa shape index (κ1) is 15.9. The minimum absolute atomic E-state index is 0.0368. The van der Waals surface area contributed by atoms with E-state index in [4.69, 9.17) is 14.9 Å². The number of hydrogen-bond donors (Lipinski definition) is 2. The average Bonchev–Trinajstić information content (AvgIpc) is 2.75. The summed E-state index contributed by atoms with van der Waals surface area (Å²) >= 11 is 0. The van der Waals surface area contributed by atoms with E-state index in [0.717, 1.165) is 32.1 Å². The minimum Gasteiger partial charge on any atom is -0.480 e. The SMILES string of the molecule is CCCCO[C@H]1CCCC1N(CC(=O)O)CC(=O)O. The van der Waals surface area contributed by atoms with Crippen molar-refractivity contribution in [2.45, 2.75) is 51.2 Å². The van der Waals surface area contributed by atoms with Gasteiger partial charge >= 0.3 is 11.9 Å². The molecule has 0 radical (unpaired) electrons.